The van der Waals surface area contributed by atoms with Gasteiger partial charge in [0.1, 0.15) is 30.0 Å². The molecule has 8 nitrogen and oxygen atoms in total. The van der Waals surface area contributed by atoms with Crippen LogP contribution in [0.4, 0.5) is 0 Å². The number of pyridine rings is 1. The minimum Gasteiger partial charge on any atom is -0.491 e. The molecule has 8 heteroatoms. The largest absolute Gasteiger partial charge is 0.491 e. The first-order chi connectivity index (χ1) is 22.6. The van der Waals surface area contributed by atoms with Gasteiger partial charge in [0.25, 0.3) is 0 Å². The lowest BCUT2D eigenvalue weighted by atomic mass is 9.91. The Hall–Kier alpha value is -4.92. The lowest BCUT2D eigenvalue weighted by molar-refractivity contribution is -0.210. The summed E-state index contributed by atoms with van der Waals surface area (Å²) >= 11 is 0. The van der Waals surface area contributed by atoms with E-state index in [9.17, 15) is 9.90 Å². The van der Waals surface area contributed by atoms with E-state index in [0.717, 1.165) is 41.9 Å². The van der Waals surface area contributed by atoms with Crippen molar-refractivity contribution in [1.82, 2.24) is 9.88 Å². The van der Waals surface area contributed by atoms with Gasteiger partial charge in [-0.15, -0.1) is 0 Å². The zero-order valence-electron chi connectivity index (χ0n) is 27.4. The summed E-state index contributed by atoms with van der Waals surface area (Å²) in [5.41, 5.74) is 3.65. The van der Waals surface area contributed by atoms with E-state index in [0.29, 0.717) is 29.3 Å². The fourth-order valence-corrected chi connectivity index (χ4v) is 5.08. The molecule has 0 bridgehead atoms. The number of fused-ring (bicyclic) bond motifs is 1. The summed E-state index contributed by atoms with van der Waals surface area (Å²) in [5, 5.41) is 11.6. The first-order valence-electron chi connectivity index (χ1n) is 15.8. The van der Waals surface area contributed by atoms with Crippen molar-refractivity contribution in [3.8, 4) is 23.0 Å². The Morgan fingerprint density at radius 2 is 1.51 bits per heavy atom. The first-order valence-corrected chi connectivity index (χ1v) is 15.8. The van der Waals surface area contributed by atoms with Crippen molar-refractivity contribution in [2.75, 3.05) is 19.7 Å². The second kappa shape index (κ2) is 15.6. The third-order valence-electron chi connectivity index (χ3n) is 7.54. The highest BCUT2D eigenvalue weighted by molar-refractivity contribution is 5.87. The molecule has 4 aromatic carbocycles. The molecule has 0 aliphatic rings. The third kappa shape index (κ3) is 10.0. The molecule has 244 valence electrons. The molecule has 1 heterocycles. The number of hydrogen-bond donors (Lipinski definition) is 1. The number of carbonyl (C=O) groups excluding carboxylic acids is 1. The molecule has 0 spiro atoms. The third-order valence-corrected chi connectivity index (χ3v) is 7.54. The molecule has 0 amide bonds. The average molecular weight is 635 g/mol. The lowest BCUT2D eigenvalue weighted by Gasteiger charge is -2.25. The second-order valence-corrected chi connectivity index (χ2v) is 12.6. The normalized spacial score (nSPS) is 12.1. The van der Waals surface area contributed by atoms with Crippen LogP contribution in [-0.4, -0.2) is 46.8 Å². The molecule has 5 aromatic rings. The number of benzene rings is 4. The van der Waals surface area contributed by atoms with E-state index in [4.69, 9.17) is 24.2 Å². The standard InChI is InChI=1S/C39H42N2O6/c1-28(42)46-47-34-19-20-35-36(23-34)40-38(39(2,3)4)24-37(35)45-33-17-15-29(16-18-33)21-22-41(25-30-11-7-5-8-12-30)26-31(43)27-44-32-13-9-6-10-14-32/h5-20,23-24,31,43H,21-22,25-27H2,1-4H3/t31-/m0/s1. The number of para-hydroxylation sites is 1. The van der Waals surface area contributed by atoms with Crippen molar-refractivity contribution in [2.45, 2.75) is 52.2 Å². The van der Waals surface area contributed by atoms with Gasteiger partial charge >= 0.3 is 5.97 Å². The van der Waals surface area contributed by atoms with Gasteiger partial charge in [0.05, 0.1) is 11.2 Å². The van der Waals surface area contributed by atoms with Crippen molar-refractivity contribution < 1.29 is 29.1 Å². The van der Waals surface area contributed by atoms with Crippen LogP contribution in [0, 0.1) is 0 Å². The molecule has 0 saturated heterocycles. The predicted octanol–water partition coefficient (Wildman–Crippen LogP) is 7.67. The predicted molar refractivity (Wildman–Crippen MR) is 183 cm³/mol. The Bertz CT molecular complexity index is 1740. The van der Waals surface area contributed by atoms with Crippen molar-refractivity contribution >= 4 is 16.9 Å². The summed E-state index contributed by atoms with van der Waals surface area (Å²) < 4.78 is 12.2. The van der Waals surface area contributed by atoms with Crippen molar-refractivity contribution in [3.05, 3.63) is 126 Å². The molecule has 47 heavy (non-hydrogen) atoms. The van der Waals surface area contributed by atoms with E-state index in [1.165, 1.54) is 12.5 Å². The van der Waals surface area contributed by atoms with Gasteiger partial charge in [-0.1, -0.05) is 81.4 Å². The summed E-state index contributed by atoms with van der Waals surface area (Å²) in [5.74, 6) is 1.96. The number of aliphatic hydroxyl groups excluding tert-OH is 1. The van der Waals surface area contributed by atoms with E-state index >= 15 is 0 Å². The second-order valence-electron chi connectivity index (χ2n) is 12.6. The molecule has 0 radical (unpaired) electrons. The van der Waals surface area contributed by atoms with E-state index in [1.807, 2.05) is 72.8 Å². The van der Waals surface area contributed by atoms with Crippen LogP contribution in [0.2, 0.25) is 0 Å². The maximum atomic E-state index is 11.2. The van der Waals surface area contributed by atoms with Gasteiger partial charge in [0.2, 0.25) is 0 Å². The van der Waals surface area contributed by atoms with Crippen molar-refractivity contribution in [2.24, 2.45) is 0 Å². The van der Waals surface area contributed by atoms with Crippen LogP contribution < -0.4 is 14.4 Å². The Balaban J connectivity index is 1.26. The number of hydrogen-bond acceptors (Lipinski definition) is 8. The monoisotopic (exact) mass is 634 g/mol. The minimum absolute atomic E-state index is 0.225. The molecule has 0 aliphatic carbocycles. The fraction of sp³-hybridized carbons (Fsp3) is 0.282. The van der Waals surface area contributed by atoms with E-state index in [-0.39, 0.29) is 12.0 Å². The number of rotatable bonds is 14. The molecule has 5 rings (SSSR count). The highest BCUT2D eigenvalue weighted by atomic mass is 17.2. The van der Waals surface area contributed by atoms with Gasteiger partial charge in [-0.05, 0) is 53.9 Å². The molecule has 0 aliphatic heterocycles. The van der Waals surface area contributed by atoms with Crippen LogP contribution in [0.1, 0.15) is 44.5 Å². The minimum atomic E-state index is -0.632. The highest BCUT2D eigenvalue weighted by Crippen LogP contribution is 2.35. The van der Waals surface area contributed by atoms with Crippen molar-refractivity contribution in [1.29, 1.82) is 0 Å². The number of aliphatic hydroxyl groups is 1. The smallest absolute Gasteiger partial charge is 0.352 e. The maximum absolute atomic E-state index is 11.2. The molecule has 0 fully saturated rings. The first kappa shape index (κ1) is 33.4. The molecule has 0 unspecified atom stereocenters. The fourth-order valence-electron chi connectivity index (χ4n) is 5.08. The van der Waals surface area contributed by atoms with E-state index in [2.05, 4.69) is 49.9 Å². The lowest BCUT2D eigenvalue weighted by Crippen LogP contribution is -2.36. The summed E-state index contributed by atoms with van der Waals surface area (Å²) in [6.07, 6.45) is 0.170. The molecule has 1 aromatic heterocycles. The van der Waals surface area contributed by atoms with Gasteiger partial charge in [-0.3, -0.25) is 19.7 Å². The molecular formula is C39H42N2O6. The number of ether oxygens (including phenoxy) is 2. The molecule has 1 atom stereocenters. The Morgan fingerprint density at radius 1 is 0.830 bits per heavy atom. The van der Waals surface area contributed by atoms with Crippen LogP contribution in [0.3, 0.4) is 0 Å². The number of nitrogens with zero attached hydrogens (tertiary/aromatic N) is 2. The van der Waals surface area contributed by atoms with Crippen LogP contribution in [-0.2, 0) is 28.1 Å². The van der Waals surface area contributed by atoms with Gasteiger partial charge in [-0.25, -0.2) is 4.79 Å². The van der Waals surface area contributed by atoms with Gasteiger partial charge in [0.15, 0.2) is 5.75 Å². The zero-order chi connectivity index (χ0) is 33.2. The van der Waals surface area contributed by atoms with Crippen LogP contribution >= 0.6 is 0 Å². The van der Waals surface area contributed by atoms with Crippen LogP contribution in [0.25, 0.3) is 10.9 Å². The summed E-state index contributed by atoms with van der Waals surface area (Å²) in [4.78, 5) is 28.2. The van der Waals surface area contributed by atoms with E-state index < -0.39 is 12.1 Å². The van der Waals surface area contributed by atoms with Crippen LogP contribution in [0.5, 0.6) is 23.0 Å². The number of carbonyl (C=O) groups is 1. The van der Waals surface area contributed by atoms with Gasteiger partial charge in [-0.2, -0.15) is 0 Å². The average Bonchev–Trinajstić information content (AvgIpc) is 3.06. The molecule has 0 saturated carbocycles. The Labute approximate surface area is 276 Å². The SMILES string of the molecule is CC(=O)OOc1ccc2c(Oc3ccc(CCN(Cc4ccccc4)C[C@H](O)COc4ccccc4)cc3)cc(C(C)(C)C)nc2c1. The molecule has 1 N–H and O–H groups in total. The quantitative estimate of drug-likeness (QED) is 0.0984. The van der Waals surface area contributed by atoms with Gasteiger partial charge in [0, 0.05) is 49.5 Å². The highest BCUT2D eigenvalue weighted by Gasteiger charge is 2.20. The van der Waals surface area contributed by atoms with E-state index in [1.54, 1.807) is 12.1 Å². The zero-order valence-corrected chi connectivity index (χ0v) is 27.4. The topological polar surface area (TPSA) is 90.4 Å². The van der Waals surface area contributed by atoms with Crippen LogP contribution in [0.15, 0.2) is 109 Å². The Kier molecular flexibility index (Phi) is 11.1. The maximum Gasteiger partial charge on any atom is 0.352 e. The van der Waals surface area contributed by atoms with Crippen molar-refractivity contribution in [3.63, 3.8) is 0 Å². The summed E-state index contributed by atoms with van der Waals surface area (Å²) in [6.45, 7) is 9.76. The number of aromatic nitrogens is 1. The Morgan fingerprint density at radius 3 is 2.19 bits per heavy atom. The summed E-state index contributed by atoms with van der Waals surface area (Å²) in [6, 6.07) is 35.2. The van der Waals surface area contributed by atoms with Gasteiger partial charge < -0.3 is 14.6 Å². The summed E-state index contributed by atoms with van der Waals surface area (Å²) in [7, 11) is 0. The molecular weight excluding hydrogens is 592 g/mol.